The number of hydrogen-bond donors (Lipinski definition) is 1. The average Bonchev–Trinajstić information content (AvgIpc) is 2.95. The molecule has 2 rings (SSSR count). The van der Waals surface area contributed by atoms with Gasteiger partial charge in [0.2, 0.25) is 10.1 Å². The fraction of sp³-hybridized carbons (Fsp3) is 0.786. The topological polar surface area (TPSA) is 61.4 Å². The Morgan fingerprint density at radius 2 is 2.14 bits per heavy atom. The van der Waals surface area contributed by atoms with Gasteiger partial charge < -0.3 is 15.1 Å². The number of rotatable bonds is 6. The maximum absolute atomic E-state index is 12.4. The predicted molar refractivity (Wildman–Crippen MR) is 85.9 cm³/mol. The number of amides is 1. The molecule has 0 saturated carbocycles. The second-order valence-electron chi connectivity index (χ2n) is 5.77. The Bertz CT molecular complexity index is 456. The summed E-state index contributed by atoms with van der Waals surface area (Å²) in [5.74, 6) is 0.580. The monoisotopic (exact) mass is 311 g/mol. The summed E-state index contributed by atoms with van der Waals surface area (Å²) in [7, 11) is 4.01. The lowest BCUT2D eigenvalue weighted by atomic mass is 9.97. The van der Waals surface area contributed by atoms with Gasteiger partial charge in [-0.25, -0.2) is 0 Å². The van der Waals surface area contributed by atoms with Crippen molar-refractivity contribution in [2.45, 2.75) is 26.2 Å². The Morgan fingerprint density at radius 1 is 1.43 bits per heavy atom. The van der Waals surface area contributed by atoms with Crippen LogP contribution in [0.3, 0.4) is 0 Å². The van der Waals surface area contributed by atoms with Gasteiger partial charge in [0.05, 0.1) is 0 Å². The minimum atomic E-state index is -0.0176. The molecule has 0 unspecified atom stereocenters. The number of piperidine rings is 1. The van der Waals surface area contributed by atoms with E-state index < -0.39 is 0 Å². The lowest BCUT2D eigenvalue weighted by Gasteiger charge is -2.31. The maximum Gasteiger partial charge on any atom is 0.284 e. The van der Waals surface area contributed by atoms with Gasteiger partial charge in [-0.3, -0.25) is 4.79 Å². The highest BCUT2D eigenvalue weighted by Gasteiger charge is 2.23. The Balaban J connectivity index is 1.85. The number of anilines is 1. The third-order valence-electron chi connectivity index (χ3n) is 3.85. The molecule has 1 aliphatic rings. The van der Waals surface area contributed by atoms with Gasteiger partial charge in [0.25, 0.3) is 5.91 Å². The molecule has 2 heterocycles. The van der Waals surface area contributed by atoms with E-state index in [0.29, 0.717) is 10.9 Å². The van der Waals surface area contributed by atoms with E-state index in [2.05, 4.69) is 34.4 Å². The van der Waals surface area contributed by atoms with Crippen LogP contribution in [0.2, 0.25) is 0 Å². The van der Waals surface area contributed by atoms with Gasteiger partial charge >= 0.3 is 0 Å². The van der Waals surface area contributed by atoms with Gasteiger partial charge in [-0.15, -0.1) is 10.2 Å². The van der Waals surface area contributed by atoms with E-state index in [1.807, 2.05) is 7.05 Å². The Labute approximate surface area is 130 Å². The number of hydrogen-bond acceptors (Lipinski definition) is 6. The second kappa shape index (κ2) is 7.70. The lowest BCUT2D eigenvalue weighted by Crippen LogP contribution is -2.37. The first kappa shape index (κ1) is 16.2. The highest BCUT2D eigenvalue weighted by molar-refractivity contribution is 7.17. The molecule has 1 amide bonds. The van der Waals surface area contributed by atoms with Crippen LogP contribution in [0, 0.1) is 5.92 Å². The summed E-state index contributed by atoms with van der Waals surface area (Å²) in [5.41, 5.74) is 0. The van der Waals surface area contributed by atoms with E-state index in [9.17, 15) is 4.79 Å². The van der Waals surface area contributed by atoms with Crippen molar-refractivity contribution in [2.75, 3.05) is 45.6 Å². The van der Waals surface area contributed by atoms with Gasteiger partial charge in [0, 0.05) is 20.1 Å². The molecule has 1 aromatic rings. The van der Waals surface area contributed by atoms with Crippen LogP contribution in [-0.4, -0.2) is 66.2 Å². The fourth-order valence-electron chi connectivity index (χ4n) is 2.49. The number of aromatic nitrogens is 2. The highest BCUT2D eigenvalue weighted by atomic mass is 32.1. The standard InChI is InChI=1S/C14H25N5OS/c1-4-7-15-14-17-16-12(21-14)13(20)19(3)10-11-5-8-18(2)9-6-11/h11H,4-10H2,1-3H3,(H,15,17). The largest absolute Gasteiger partial charge is 0.360 e. The lowest BCUT2D eigenvalue weighted by molar-refractivity contribution is 0.0746. The van der Waals surface area contributed by atoms with E-state index in [1.54, 1.807) is 4.90 Å². The summed E-state index contributed by atoms with van der Waals surface area (Å²) in [4.78, 5) is 16.5. The van der Waals surface area contributed by atoms with E-state index in [-0.39, 0.29) is 5.91 Å². The highest BCUT2D eigenvalue weighted by Crippen LogP contribution is 2.20. The summed E-state index contributed by atoms with van der Waals surface area (Å²) >= 11 is 1.34. The van der Waals surface area contributed by atoms with Gasteiger partial charge in [0.1, 0.15) is 0 Å². The van der Waals surface area contributed by atoms with Gasteiger partial charge in [-0.05, 0) is 45.3 Å². The zero-order chi connectivity index (χ0) is 15.2. The van der Waals surface area contributed by atoms with Crippen LogP contribution in [-0.2, 0) is 0 Å². The van der Waals surface area contributed by atoms with Crippen LogP contribution in [0.5, 0.6) is 0 Å². The first-order valence-electron chi connectivity index (χ1n) is 7.61. The molecule has 1 N–H and O–H groups in total. The van der Waals surface area contributed by atoms with E-state index in [0.717, 1.165) is 50.6 Å². The van der Waals surface area contributed by atoms with Crippen molar-refractivity contribution >= 4 is 22.4 Å². The molecule has 0 aromatic carbocycles. The molecule has 118 valence electrons. The molecule has 21 heavy (non-hydrogen) atoms. The average molecular weight is 311 g/mol. The van der Waals surface area contributed by atoms with Crippen LogP contribution >= 0.6 is 11.3 Å². The molecular weight excluding hydrogens is 286 g/mol. The molecule has 0 spiro atoms. The van der Waals surface area contributed by atoms with Crippen molar-refractivity contribution in [3.05, 3.63) is 5.01 Å². The van der Waals surface area contributed by atoms with Crippen molar-refractivity contribution in [2.24, 2.45) is 5.92 Å². The SMILES string of the molecule is CCCNc1nnc(C(=O)N(C)CC2CCN(C)CC2)s1. The smallest absolute Gasteiger partial charge is 0.284 e. The molecule has 1 fully saturated rings. The molecule has 1 aliphatic heterocycles. The number of nitrogens with one attached hydrogen (secondary N) is 1. The quantitative estimate of drug-likeness (QED) is 0.867. The molecule has 0 bridgehead atoms. The van der Waals surface area contributed by atoms with Crippen molar-refractivity contribution < 1.29 is 4.79 Å². The molecular formula is C14H25N5OS. The predicted octanol–water partition coefficient (Wildman–Crippen LogP) is 1.77. The number of carbonyl (C=O) groups is 1. The van der Waals surface area contributed by atoms with Crippen molar-refractivity contribution in [3.63, 3.8) is 0 Å². The minimum absolute atomic E-state index is 0.0176. The molecule has 0 radical (unpaired) electrons. The summed E-state index contributed by atoms with van der Waals surface area (Å²) in [5, 5.41) is 12.4. The molecule has 1 saturated heterocycles. The minimum Gasteiger partial charge on any atom is -0.360 e. The summed E-state index contributed by atoms with van der Waals surface area (Å²) < 4.78 is 0. The summed E-state index contributed by atoms with van der Waals surface area (Å²) in [6, 6.07) is 0. The Hall–Kier alpha value is -1.21. The Morgan fingerprint density at radius 3 is 2.81 bits per heavy atom. The van der Waals surface area contributed by atoms with Crippen LogP contribution in [0.1, 0.15) is 36.0 Å². The second-order valence-corrected chi connectivity index (χ2v) is 6.75. The van der Waals surface area contributed by atoms with Crippen LogP contribution < -0.4 is 5.32 Å². The van der Waals surface area contributed by atoms with E-state index in [1.165, 1.54) is 11.3 Å². The van der Waals surface area contributed by atoms with Gasteiger partial charge in [-0.2, -0.15) is 0 Å². The molecule has 0 aliphatic carbocycles. The summed E-state index contributed by atoms with van der Waals surface area (Å²) in [6.07, 6.45) is 3.35. The Kier molecular flexibility index (Phi) is 5.93. The number of nitrogens with zero attached hydrogens (tertiary/aromatic N) is 4. The van der Waals surface area contributed by atoms with Gasteiger partial charge in [0.15, 0.2) is 0 Å². The number of likely N-dealkylation sites (tertiary alicyclic amines) is 1. The molecule has 7 heteroatoms. The molecule has 0 atom stereocenters. The van der Waals surface area contributed by atoms with E-state index >= 15 is 0 Å². The maximum atomic E-state index is 12.4. The van der Waals surface area contributed by atoms with Crippen molar-refractivity contribution in [3.8, 4) is 0 Å². The van der Waals surface area contributed by atoms with Crippen molar-refractivity contribution in [1.29, 1.82) is 0 Å². The third-order valence-corrected chi connectivity index (χ3v) is 4.72. The van der Waals surface area contributed by atoms with Crippen LogP contribution in [0.15, 0.2) is 0 Å². The first-order chi connectivity index (χ1) is 10.1. The first-order valence-corrected chi connectivity index (χ1v) is 8.43. The van der Waals surface area contributed by atoms with Crippen molar-refractivity contribution in [1.82, 2.24) is 20.0 Å². The normalized spacial score (nSPS) is 16.9. The van der Waals surface area contributed by atoms with Crippen LogP contribution in [0.4, 0.5) is 5.13 Å². The number of carbonyl (C=O) groups excluding carboxylic acids is 1. The molecule has 1 aromatic heterocycles. The third kappa shape index (κ3) is 4.64. The zero-order valence-electron chi connectivity index (χ0n) is 13.1. The van der Waals surface area contributed by atoms with E-state index in [4.69, 9.17) is 0 Å². The van der Waals surface area contributed by atoms with Gasteiger partial charge in [-0.1, -0.05) is 18.3 Å². The fourth-order valence-corrected chi connectivity index (χ4v) is 3.25. The van der Waals surface area contributed by atoms with Crippen LogP contribution in [0.25, 0.3) is 0 Å². The summed E-state index contributed by atoms with van der Waals surface area (Å²) in [6.45, 7) is 6.00. The molecule has 6 nitrogen and oxygen atoms in total. The zero-order valence-corrected chi connectivity index (χ0v) is 13.9.